The van der Waals surface area contributed by atoms with Gasteiger partial charge in [0.05, 0.1) is 6.10 Å². The van der Waals surface area contributed by atoms with Crippen molar-refractivity contribution in [3.63, 3.8) is 0 Å². The van der Waals surface area contributed by atoms with Gasteiger partial charge in [0.1, 0.15) is 6.10 Å². The average molecular weight is 194 g/mol. The maximum absolute atomic E-state index is 9.84. The lowest BCUT2D eigenvalue weighted by molar-refractivity contribution is 0.0293. The molecule has 0 saturated heterocycles. The molecule has 0 aromatic carbocycles. The molecule has 0 aliphatic heterocycles. The fraction of sp³-hybridized carbons (Fsp3) is 0.500. The molecule has 0 aromatic heterocycles. The summed E-state index contributed by atoms with van der Waals surface area (Å²) in [7, 11) is 0. The van der Waals surface area contributed by atoms with E-state index in [0.717, 1.165) is 23.1 Å². The number of aliphatic hydroxyl groups excluding tert-OH is 2. The second-order valence-electron chi connectivity index (χ2n) is 3.67. The molecule has 1 aliphatic rings. The highest BCUT2D eigenvalue weighted by Crippen LogP contribution is 2.31. The van der Waals surface area contributed by atoms with Crippen molar-refractivity contribution in [2.45, 2.75) is 38.9 Å². The third-order valence-electron chi connectivity index (χ3n) is 2.80. The molecule has 0 radical (unpaired) electrons. The van der Waals surface area contributed by atoms with Gasteiger partial charge in [0, 0.05) is 0 Å². The summed E-state index contributed by atoms with van der Waals surface area (Å²) < 4.78 is 0. The van der Waals surface area contributed by atoms with Crippen molar-refractivity contribution in [3.05, 3.63) is 35.5 Å². The minimum absolute atomic E-state index is 0.634. The van der Waals surface area contributed by atoms with E-state index in [4.69, 9.17) is 0 Å². The average Bonchev–Trinajstić information content (AvgIpc) is 2.20. The van der Waals surface area contributed by atoms with Crippen LogP contribution in [0.4, 0.5) is 0 Å². The van der Waals surface area contributed by atoms with E-state index >= 15 is 0 Å². The van der Waals surface area contributed by atoms with E-state index in [1.165, 1.54) is 0 Å². The second-order valence-corrected chi connectivity index (χ2v) is 3.67. The van der Waals surface area contributed by atoms with Gasteiger partial charge in [0.15, 0.2) is 0 Å². The second kappa shape index (κ2) is 4.58. The zero-order chi connectivity index (χ0) is 10.7. The van der Waals surface area contributed by atoms with E-state index in [0.29, 0.717) is 6.42 Å². The van der Waals surface area contributed by atoms with Crippen LogP contribution in [0.1, 0.15) is 26.7 Å². The Morgan fingerprint density at radius 3 is 2.64 bits per heavy atom. The molecule has 0 aromatic rings. The molecule has 2 atom stereocenters. The molecule has 2 N–H and O–H groups in total. The molecule has 1 aliphatic carbocycles. The van der Waals surface area contributed by atoms with E-state index in [9.17, 15) is 10.2 Å². The highest BCUT2D eigenvalue weighted by molar-refractivity contribution is 5.43. The normalized spacial score (nSPS) is 34.4. The van der Waals surface area contributed by atoms with Gasteiger partial charge in [0.25, 0.3) is 0 Å². The third-order valence-corrected chi connectivity index (χ3v) is 2.80. The lowest BCUT2D eigenvalue weighted by atomic mass is 9.82. The molecule has 1 fully saturated rings. The molecule has 0 amide bonds. The van der Waals surface area contributed by atoms with Crippen molar-refractivity contribution < 1.29 is 10.2 Å². The summed E-state index contributed by atoms with van der Waals surface area (Å²) in [5.74, 6) is 0. The molecule has 0 bridgehead atoms. The molecular weight excluding hydrogens is 176 g/mol. The first kappa shape index (κ1) is 11.2. The number of hydrogen-bond acceptors (Lipinski definition) is 2. The van der Waals surface area contributed by atoms with Crippen LogP contribution in [0.15, 0.2) is 35.5 Å². The predicted octanol–water partition coefficient (Wildman–Crippen LogP) is 1.95. The zero-order valence-corrected chi connectivity index (χ0v) is 8.83. The Balaban J connectivity index is 3.12. The molecular formula is C12H18O2. The van der Waals surface area contributed by atoms with Gasteiger partial charge in [-0.2, -0.15) is 0 Å². The SMILES string of the molecule is C=C/C(C)=C1\C(=C/C)CC[C@H](O)[C@@H]1O. The van der Waals surface area contributed by atoms with E-state index in [1.54, 1.807) is 6.08 Å². The zero-order valence-electron chi connectivity index (χ0n) is 8.83. The van der Waals surface area contributed by atoms with Gasteiger partial charge in [-0.15, -0.1) is 0 Å². The van der Waals surface area contributed by atoms with Crippen molar-refractivity contribution in [1.82, 2.24) is 0 Å². The monoisotopic (exact) mass is 194 g/mol. The number of allylic oxidation sites excluding steroid dienone is 3. The van der Waals surface area contributed by atoms with Crippen LogP contribution in [0.3, 0.4) is 0 Å². The fourth-order valence-electron chi connectivity index (χ4n) is 1.87. The molecule has 14 heavy (non-hydrogen) atoms. The highest BCUT2D eigenvalue weighted by Gasteiger charge is 2.28. The van der Waals surface area contributed by atoms with Crippen LogP contribution >= 0.6 is 0 Å². The summed E-state index contributed by atoms with van der Waals surface area (Å²) in [6.07, 6.45) is 3.79. The lowest BCUT2D eigenvalue weighted by Crippen LogP contribution is -2.33. The number of hydrogen-bond donors (Lipinski definition) is 2. The fourth-order valence-corrected chi connectivity index (χ4v) is 1.87. The molecule has 0 unspecified atom stereocenters. The Morgan fingerprint density at radius 2 is 2.14 bits per heavy atom. The van der Waals surface area contributed by atoms with Gasteiger partial charge in [-0.25, -0.2) is 0 Å². The summed E-state index contributed by atoms with van der Waals surface area (Å²) >= 11 is 0. The molecule has 78 valence electrons. The Bertz CT molecular complexity index is 287. The van der Waals surface area contributed by atoms with Gasteiger partial charge >= 0.3 is 0 Å². The van der Waals surface area contributed by atoms with Crippen molar-refractivity contribution in [3.8, 4) is 0 Å². The standard InChI is InChI=1S/C12H18O2/c1-4-8(3)11-9(5-2)6-7-10(13)12(11)14/h4-5,10,12-14H,1,6-7H2,2-3H3/b9-5-,11-8+/t10-,12-/m0/s1. The van der Waals surface area contributed by atoms with E-state index < -0.39 is 12.2 Å². The minimum Gasteiger partial charge on any atom is -0.390 e. The molecule has 1 rings (SSSR count). The maximum Gasteiger partial charge on any atom is 0.105 e. The summed E-state index contributed by atoms with van der Waals surface area (Å²) in [4.78, 5) is 0. The van der Waals surface area contributed by atoms with Gasteiger partial charge in [-0.3, -0.25) is 0 Å². The van der Waals surface area contributed by atoms with Crippen LogP contribution in [0, 0.1) is 0 Å². The topological polar surface area (TPSA) is 40.5 Å². The van der Waals surface area contributed by atoms with Gasteiger partial charge < -0.3 is 10.2 Å². The quantitative estimate of drug-likeness (QED) is 0.670. The van der Waals surface area contributed by atoms with E-state index in [-0.39, 0.29) is 0 Å². The smallest absolute Gasteiger partial charge is 0.105 e. The predicted molar refractivity (Wildman–Crippen MR) is 57.9 cm³/mol. The van der Waals surface area contributed by atoms with Gasteiger partial charge in [-0.05, 0) is 43.4 Å². The first-order chi connectivity index (χ1) is 6.61. The Hall–Kier alpha value is -0.860. The van der Waals surface area contributed by atoms with Crippen molar-refractivity contribution in [2.24, 2.45) is 0 Å². The highest BCUT2D eigenvalue weighted by atomic mass is 16.3. The molecule has 2 heteroatoms. The number of rotatable bonds is 1. The summed E-state index contributed by atoms with van der Waals surface area (Å²) in [6.45, 7) is 7.55. The molecule has 0 spiro atoms. The molecule has 2 nitrogen and oxygen atoms in total. The van der Waals surface area contributed by atoms with Crippen LogP contribution in [0.5, 0.6) is 0 Å². The minimum atomic E-state index is -0.757. The van der Waals surface area contributed by atoms with Crippen molar-refractivity contribution in [2.75, 3.05) is 0 Å². The Labute approximate surface area is 85.3 Å². The van der Waals surface area contributed by atoms with Crippen LogP contribution in [0.25, 0.3) is 0 Å². The van der Waals surface area contributed by atoms with Crippen molar-refractivity contribution in [1.29, 1.82) is 0 Å². The third kappa shape index (κ3) is 1.97. The maximum atomic E-state index is 9.84. The van der Waals surface area contributed by atoms with Crippen LogP contribution in [-0.2, 0) is 0 Å². The summed E-state index contributed by atoms with van der Waals surface area (Å²) in [5.41, 5.74) is 2.92. The van der Waals surface area contributed by atoms with Gasteiger partial charge in [-0.1, -0.05) is 18.7 Å². The van der Waals surface area contributed by atoms with E-state index in [2.05, 4.69) is 6.58 Å². The van der Waals surface area contributed by atoms with Crippen LogP contribution < -0.4 is 0 Å². The Kier molecular flexibility index (Phi) is 3.67. The largest absolute Gasteiger partial charge is 0.390 e. The molecule has 0 heterocycles. The summed E-state index contributed by atoms with van der Waals surface area (Å²) in [6, 6.07) is 0. The first-order valence-electron chi connectivity index (χ1n) is 4.96. The first-order valence-corrected chi connectivity index (χ1v) is 4.96. The molecule has 1 saturated carbocycles. The summed E-state index contributed by atoms with van der Waals surface area (Å²) in [5, 5.41) is 19.4. The van der Waals surface area contributed by atoms with E-state index in [1.807, 2.05) is 19.9 Å². The number of aliphatic hydroxyl groups is 2. The van der Waals surface area contributed by atoms with Crippen LogP contribution in [0.2, 0.25) is 0 Å². The lowest BCUT2D eigenvalue weighted by Gasteiger charge is -2.29. The van der Waals surface area contributed by atoms with Crippen molar-refractivity contribution >= 4 is 0 Å². The van der Waals surface area contributed by atoms with Gasteiger partial charge in [0.2, 0.25) is 0 Å². The van der Waals surface area contributed by atoms with Crippen LogP contribution in [-0.4, -0.2) is 22.4 Å². The Morgan fingerprint density at radius 1 is 1.50 bits per heavy atom.